The summed E-state index contributed by atoms with van der Waals surface area (Å²) in [6.07, 6.45) is 1.83. The number of aromatic nitrogens is 1. The molecule has 0 radical (unpaired) electrons. The topological polar surface area (TPSA) is 72.6 Å². The van der Waals surface area contributed by atoms with Crippen LogP contribution in [-0.4, -0.2) is 26.3 Å². The predicted octanol–water partition coefficient (Wildman–Crippen LogP) is 4.77. The third-order valence-corrected chi connectivity index (χ3v) is 6.19. The Morgan fingerprint density at radius 3 is 2.32 bits per heavy atom. The molecule has 2 N–H and O–H groups in total. The van der Waals surface area contributed by atoms with Crippen molar-refractivity contribution in [1.82, 2.24) is 4.98 Å². The Kier molecular flexibility index (Phi) is 5.13. The molecule has 1 aromatic heterocycles. The maximum atomic E-state index is 13.2. The molecule has 7 heteroatoms. The molecular formula is C18H21N2O4P. The van der Waals surface area contributed by atoms with Crippen molar-refractivity contribution in [3.8, 4) is 5.75 Å². The Bertz CT molecular complexity index is 883. The van der Waals surface area contributed by atoms with Gasteiger partial charge in [0, 0.05) is 42.6 Å². The SMILES string of the molecule is COc1ccc(NC(c2c[nH]c3ccccc23)P(=O)(OC)OC)cc1. The lowest BCUT2D eigenvalue weighted by Gasteiger charge is -2.26. The Balaban J connectivity index is 2.04. The van der Waals surface area contributed by atoms with Gasteiger partial charge in [-0.15, -0.1) is 0 Å². The molecule has 1 heterocycles. The van der Waals surface area contributed by atoms with Gasteiger partial charge in [0.1, 0.15) is 5.75 Å². The van der Waals surface area contributed by atoms with Crippen molar-refractivity contribution < 1.29 is 18.3 Å². The van der Waals surface area contributed by atoms with Gasteiger partial charge in [0.05, 0.1) is 7.11 Å². The first-order chi connectivity index (χ1) is 12.1. The van der Waals surface area contributed by atoms with E-state index in [1.165, 1.54) is 14.2 Å². The molecule has 0 fully saturated rings. The number of hydrogen-bond acceptors (Lipinski definition) is 5. The second kappa shape index (κ2) is 7.31. The molecule has 132 valence electrons. The summed E-state index contributed by atoms with van der Waals surface area (Å²) >= 11 is 0. The van der Waals surface area contributed by atoms with Crippen molar-refractivity contribution in [2.24, 2.45) is 0 Å². The van der Waals surface area contributed by atoms with Crippen LogP contribution in [-0.2, 0) is 13.6 Å². The van der Waals surface area contributed by atoms with Crippen LogP contribution in [0.4, 0.5) is 5.69 Å². The molecule has 1 unspecified atom stereocenters. The molecule has 1 atom stereocenters. The second-order valence-electron chi connectivity index (χ2n) is 5.47. The highest BCUT2D eigenvalue weighted by Gasteiger charge is 2.37. The third-order valence-electron chi connectivity index (χ3n) is 4.13. The minimum Gasteiger partial charge on any atom is -0.497 e. The van der Waals surface area contributed by atoms with Gasteiger partial charge in [0.2, 0.25) is 0 Å². The van der Waals surface area contributed by atoms with Crippen molar-refractivity contribution in [2.75, 3.05) is 26.6 Å². The number of aromatic amines is 1. The number of hydrogen-bond donors (Lipinski definition) is 2. The van der Waals surface area contributed by atoms with E-state index in [4.69, 9.17) is 13.8 Å². The zero-order valence-electron chi connectivity index (χ0n) is 14.4. The fourth-order valence-corrected chi connectivity index (χ4v) is 4.21. The van der Waals surface area contributed by atoms with E-state index in [1.807, 2.05) is 54.7 Å². The average molecular weight is 360 g/mol. The normalized spacial score (nSPS) is 12.9. The van der Waals surface area contributed by atoms with Crippen molar-refractivity contribution in [3.05, 3.63) is 60.3 Å². The first-order valence-corrected chi connectivity index (χ1v) is 9.40. The lowest BCUT2D eigenvalue weighted by atomic mass is 10.1. The predicted molar refractivity (Wildman–Crippen MR) is 99.3 cm³/mol. The lowest BCUT2D eigenvalue weighted by molar-refractivity contribution is 0.268. The molecule has 3 aromatic rings. The summed E-state index contributed by atoms with van der Waals surface area (Å²) in [5, 5.41) is 4.24. The first kappa shape index (κ1) is 17.5. The molecule has 0 aliphatic rings. The Hall–Kier alpha value is -2.27. The molecule has 0 aliphatic carbocycles. The molecule has 0 aliphatic heterocycles. The third kappa shape index (κ3) is 3.42. The standard InChI is InChI=1S/C18H21N2O4P/c1-22-14-10-8-13(9-11-14)20-18(25(21,23-2)24-3)16-12-19-17-7-5-4-6-15(16)17/h4-12,18-20H,1-3H3. The number of methoxy groups -OCH3 is 1. The molecular weight excluding hydrogens is 339 g/mol. The van der Waals surface area contributed by atoms with E-state index in [9.17, 15) is 4.57 Å². The average Bonchev–Trinajstić information content (AvgIpc) is 3.09. The fourth-order valence-electron chi connectivity index (χ4n) is 2.78. The van der Waals surface area contributed by atoms with Gasteiger partial charge in [-0.25, -0.2) is 0 Å². The van der Waals surface area contributed by atoms with E-state index in [2.05, 4.69) is 10.3 Å². The highest BCUT2D eigenvalue weighted by molar-refractivity contribution is 7.54. The number of nitrogens with one attached hydrogen (secondary N) is 2. The molecule has 0 saturated carbocycles. The van der Waals surface area contributed by atoms with Crippen molar-refractivity contribution in [3.63, 3.8) is 0 Å². The quantitative estimate of drug-likeness (QED) is 0.594. The molecule has 3 rings (SSSR count). The lowest BCUT2D eigenvalue weighted by Crippen LogP contribution is -2.13. The number of para-hydroxylation sites is 1. The molecule has 0 saturated heterocycles. The summed E-state index contributed by atoms with van der Waals surface area (Å²) < 4.78 is 28.9. The zero-order valence-corrected chi connectivity index (χ0v) is 15.2. The maximum Gasteiger partial charge on any atom is 0.356 e. The summed E-state index contributed by atoms with van der Waals surface area (Å²) in [5.74, 6) is 0.0860. The van der Waals surface area contributed by atoms with E-state index in [1.54, 1.807) is 7.11 Å². The van der Waals surface area contributed by atoms with E-state index in [0.717, 1.165) is 27.9 Å². The van der Waals surface area contributed by atoms with E-state index >= 15 is 0 Å². The van der Waals surface area contributed by atoms with E-state index in [0.29, 0.717) is 0 Å². The number of benzene rings is 2. The number of rotatable bonds is 7. The van der Waals surface area contributed by atoms with Gasteiger partial charge < -0.3 is 24.1 Å². The van der Waals surface area contributed by atoms with Gasteiger partial charge in [-0.1, -0.05) is 18.2 Å². The van der Waals surface area contributed by atoms with Gasteiger partial charge in [0.25, 0.3) is 0 Å². The summed E-state index contributed by atoms with van der Waals surface area (Å²) in [6, 6.07) is 15.2. The first-order valence-electron chi connectivity index (χ1n) is 7.79. The second-order valence-corrected chi connectivity index (χ2v) is 7.80. The van der Waals surface area contributed by atoms with Crippen LogP contribution in [0, 0.1) is 0 Å². The molecule has 0 bridgehead atoms. The van der Waals surface area contributed by atoms with Crippen LogP contribution in [0.3, 0.4) is 0 Å². The zero-order chi connectivity index (χ0) is 17.9. The van der Waals surface area contributed by atoms with Gasteiger partial charge >= 0.3 is 7.60 Å². The number of fused-ring (bicyclic) bond motifs is 1. The molecule has 0 amide bonds. The minimum atomic E-state index is -3.43. The van der Waals surface area contributed by atoms with Crippen molar-refractivity contribution in [2.45, 2.75) is 5.78 Å². The summed E-state index contributed by atoms with van der Waals surface area (Å²) in [6.45, 7) is 0. The molecule has 2 aromatic carbocycles. The summed E-state index contributed by atoms with van der Waals surface area (Å²) in [7, 11) is 0.963. The van der Waals surface area contributed by atoms with Gasteiger partial charge in [-0.3, -0.25) is 4.57 Å². The minimum absolute atomic E-state index is 0.660. The highest BCUT2D eigenvalue weighted by atomic mass is 31.2. The summed E-state index contributed by atoms with van der Waals surface area (Å²) in [5.41, 5.74) is 2.56. The number of H-pyrrole nitrogens is 1. The number of ether oxygens (including phenoxy) is 1. The maximum absolute atomic E-state index is 13.2. The van der Waals surface area contributed by atoms with Crippen molar-refractivity contribution >= 4 is 24.2 Å². The van der Waals surface area contributed by atoms with Gasteiger partial charge in [-0.05, 0) is 30.3 Å². The molecule has 6 nitrogen and oxygen atoms in total. The van der Waals surface area contributed by atoms with Crippen LogP contribution in [0.5, 0.6) is 5.75 Å². The van der Waals surface area contributed by atoms with Crippen molar-refractivity contribution in [1.29, 1.82) is 0 Å². The van der Waals surface area contributed by atoms with Gasteiger partial charge in [0.15, 0.2) is 5.78 Å². The molecule has 25 heavy (non-hydrogen) atoms. The van der Waals surface area contributed by atoms with Crippen LogP contribution in [0.15, 0.2) is 54.7 Å². The Morgan fingerprint density at radius 2 is 1.68 bits per heavy atom. The van der Waals surface area contributed by atoms with E-state index < -0.39 is 13.4 Å². The van der Waals surface area contributed by atoms with Crippen LogP contribution in [0.25, 0.3) is 10.9 Å². The Labute approximate surface area is 146 Å². The van der Waals surface area contributed by atoms with E-state index in [-0.39, 0.29) is 0 Å². The van der Waals surface area contributed by atoms with Gasteiger partial charge in [-0.2, -0.15) is 0 Å². The fraction of sp³-hybridized carbons (Fsp3) is 0.222. The summed E-state index contributed by atoms with van der Waals surface area (Å²) in [4.78, 5) is 3.20. The van der Waals surface area contributed by atoms with Crippen LogP contribution in [0.2, 0.25) is 0 Å². The largest absolute Gasteiger partial charge is 0.497 e. The van der Waals surface area contributed by atoms with Crippen LogP contribution < -0.4 is 10.1 Å². The van der Waals surface area contributed by atoms with Crippen LogP contribution in [0.1, 0.15) is 11.3 Å². The number of anilines is 1. The monoisotopic (exact) mass is 360 g/mol. The van der Waals surface area contributed by atoms with Crippen LogP contribution >= 0.6 is 7.60 Å². The molecule has 0 spiro atoms. The smallest absolute Gasteiger partial charge is 0.356 e. The Morgan fingerprint density at radius 1 is 1.00 bits per heavy atom. The highest BCUT2D eigenvalue weighted by Crippen LogP contribution is 2.60.